The minimum absolute atomic E-state index is 0.384. The highest BCUT2D eigenvalue weighted by molar-refractivity contribution is 5.51. The first-order valence-corrected chi connectivity index (χ1v) is 9.19. The minimum Gasteiger partial charge on any atom is -0.350 e. The second-order valence-electron chi connectivity index (χ2n) is 6.81. The van der Waals surface area contributed by atoms with Crippen molar-refractivity contribution >= 4 is 5.82 Å². The van der Waals surface area contributed by atoms with Crippen LogP contribution in [0.2, 0.25) is 0 Å². The maximum absolute atomic E-state index is 9.52. The van der Waals surface area contributed by atoms with Gasteiger partial charge < -0.3 is 4.90 Å². The molecule has 6 heteroatoms. The standard InChI is InChI=1S/C21H22N6/c1-17-7-5-6-10-20(17)27-23-19(15-22)21(24-27)26-13-11-25(12-14-26)16-18-8-3-2-4-9-18/h2-10H,11-14,16H2,1H3. The topological polar surface area (TPSA) is 61.0 Å². The number of nitrogens with zero attached hydrogens (tertiary/aromatic N) is 6. The second-order valence-corrected chi connectivity index (χ2v) is 6.81. The number of aromatic nitrogens is 3. The van der Waals surface area contributed by atoms with Gasteiger partial charge in [0, 0.05) is 32.7 Å². The van der Waals surface area contributed by atoms with Crippen LogP contribution in [-0.2, 0) is 6.54 Å². The molecule has 0 N–H and O–H groups in total. The first-order valence-electron chi connectivity index (χ1n) is 9.19. The van der Waals surface area contributed by atoms with Crippen LogP contribution in [0.25, 0.3) is 5.69 Å². The average molecular weight is 358 g/mol. The van der Waals surface area contributed by atoms with E-state index >= 15 is 0 Å². The number of para-hydroxylation sites is 1. The van der Waals surface area contributed by atoms with E-state index in [2.05, 4.69) is 50.3 Å². The van der Waals surface area contributed by atoms with Gasteiger partial charge in [-0.05, 0) is 24.1 Å². The van der Waals surface area contributed by atoms with E-state index in [0.29, 0.717) is 11.5 Å². The normalized spacial score (nSPS) is 14.9. The summed E-state index contributed by atoms with van der Waals surface area (Å²) in [6, 6.07) is 20.7. The number of anilines is 1. The molecule has 0 spiro atoms. The van der Waals surface area contributed by atoms with Crippen molar-refractivity contribution in [2.75, 3.05) is 31.1 Å². The van der Waals surface area contributed by atoms with E-state index in [1.165, 1.54) is 5.56 Å². The number of aryl methyl sites for hydroxylation is 1. The summed E-state index contributed by atoms with van der Waals surface area (Å²) in [6.07, 6.45) is 0. The molecule has 0 bridgehead atoms. The van der Waals surface area contributed by atoms with Gasteiger partial charge in [0.05, 0.1) is 5.69 Å². The lowest BCUT2D eigenvalue weighted by Gasteiger charge is -2.34. The van der Waals surface area contributed by atoms with Crippen molar-refractivity contribution in [1.82, 2.24) is 19.9 Å². The molecule has 4 rings (SSSR count). The van der Waals surface area contributed by atoms with Gasteiger partial charge in [0.15, 0.2) is 5.82 Å². The summed E-state index contributed by atoms with van der Waals surface area (Å²) in [5.41, 5.74) is 3.70. The first-order chi connectivity index (χ1) is 13.2. The predicted molar refractivity (Wildman–Crippen MR) is 105 cm³/mol. The molecule has 1 aliphatic heterocycles. The fraction of sp³-hybridized carbons (Fsp3) is 0.286. The van der Waals surface area contributed by atoms with Crippen LogP contribution in [0, 0.1) is 18.3 Å². The SMILES string of the molecule is Cc1ccccc1-n1nc(C#N)c(N2CCN(Cc3ccccc3)CC2)n1. The Labute approximate surface area is 159 Å². The van der Waals surface area contributed by atoms with E-state index in [9.17, 15) is 5.26 Å². The van der Waals surface area contributed by atoms with Gasteiger partial charge in [0.2, 0.25) is 5.69 Å². The van der Waals surface area contributed by atoms with Crippen molar-refractivity contribution < 1.29 is 0 Å². The number of hydrogen-bond donors (Lipinski definition) is 0. The van der Waals surface area contributed by atoms with Gasteiger partial charge in [-0.1, -0.05) is 48.5 Å². The van der Waals surface area contributed by atoms with Crippen molar-refractivity contribution in [3.05, 3.63) is 71.4 Å². The summed E-state index contributed by atoms with van der Waals surface area (Å²) in [5, 5.41) is 18.6. The molecule has 1 saturated heterocycles. The summed E-state index contributed by atoms with van der Waals surface area (Å²) in [5.74, 6) is 0.681. The van der Waals surface area contributed by atoms with Crippen molar-refractivity contribution in [2.45, 2.75) is 13.5 Å². The lowest BCUT2D eigenvalue weighted by Crippen LogP contribution is -2.46. The zero-order valence-electron chi connectivity index (χ0n) is 15.4. The number of benzene rings is 2. The van der Waals surface area contributed by atoms with E-state index in [4.69, 9.17) is 0 Å². The fourth-order valence-corrected chi connectivity index (χ4v) is 3.44. The molecule has 0 aliphatic carbocycles. The summed E-state index contributed by atoms with van der Waals surface area (Å²) < 4.78 is 0. The van der Waals surface area contributed by atoms with Crippen LogP contribution < -0.4 is 4.90 Å². The molecular formula is C21H22N6. The highest BCUT2D eigenvalue weighted by atomic mass is 15.5. The molecule has 136 valence electrons. The summed E-state index contributed by atoms with van der Waals surface area (Å²) >= 11 is 0. The summed E-state index contributed by atoms with van der Waals surface area (Å²) in [7, 11) is 0. The van der Waals surface area contributed by atoms with Gasteiger partial charge in [-0.2, -0.15) is 5.26 Å². The van der Waals surface area contributed by atoms with E-state index in [1.54, 1.807) is 4.80 Å². The number of piperazine rings is 1. The van der Waals surface area contributed by atoms with Crippen molar-refractivity contribution in [3.63, 3.8) is 0 Å². The molecule has 27 heavy (non-hydrogen) atoms. The Balaban J connectivity index is 1.48. The molecule has 0 atom stereocenters. The van der Waals surface area contributed by atoms with Crippen LogP contribution in [0.5, 0.6) is 0 Å². The fourth-order valence-electron chi connectivity index (χ4n) is 3.44. The molecule has 1 aliphatic rings. The number of nitriles is 1. The molecule has 3 aromatic rings. The van der Waals surface area contributed by atoms with E-state index in [1.807, 2.05) is 37.3 Å². The third-order valence-corrected chi connectivity index (χ3v) is 4.95. The Bertz CT molecular complexity index is 948. The van der Waals surface area contributed by atoms with Gasteiger partial charge in [0.25, 0.3) is 0 Å². The minimum atomic E-state index is 0.384. The van der Waals surface area contributed by atoms with Crippen molar-refractivity contribution in [3.8, 4) is 11.8 Å². The third kappa shape index (κ3) is 3.69. The Hall–Kier alpha value is -3.17. The molecular weight excluding hydrogens is 336 g/mol. The van der Waals surface area contributed by atoms with E-state index in [-0.39, 0.29) is 0 Å². The average Bonchev–Trinajstić information content (AvgIpc) is 3.14. The van der Waals surface area contributed by atoms with Crippen LogP contribution in [0.3, 0.4) is 0 Å². The smallest absolute Gasteiger partial charge is 0.207 e. The highest BCUT2D eigenvalue weighted by Crippen LogP contribution is 2.21. The summed E-state index contributed by atoms with van der Waals surface area (Å²) in [4.78, 5) is 6.19. The van der Waals surface area contributed by atoms with Crippen LogP contribution in [-0.4, -0.2) is 46.1 Å². The zero-order chi connectivity index (χ0) is 18.6. The molecule has 6 nitrogen and oxygen atoms in total. The second kappa shape index (κ2) is 7.60. The largest absolute Gasteiger partial charge is 0.350 e. The van der Waals surface area contributed by atoms with Crippen LogP contribution in [0.15, 0.2) is 54.6 Å². The van der Waals surface area contributed by atoms with Crippen molar-refractivity contribution in [1.29, 1.82) is 5.26 Å². The lowest BCUT2D eigenvalue weighted by atomic mass is 10.2. The molecule has 2 heterocycles. The maximum Gasteiger partial charge on any atom is 0.207 e. The Kier molecular flexibility index (Phi) is 4.86. The number of hydrogen-bond acceptors (Lipinski definition) is 5. The van der Waals surface area contributed by atoms with Gasteiger partial charge in [-0.3, -0.25) is 4.90 Å². The van der Waals surface area contributed by atoms with Gasteiger partial charge in [0.1, 0.15) is 6.07 Å². The Morgan fingerprint density at radius 3 is 2.33 bits per heavy atom. The van der Waals surface area contributed by atoms with E-state index in [0.717, 1.165) is 44.0 Å². The third-order valence-electron chi connectivity index (χ3n) is 4.95. The molecule has 0 amide bonds. The summed E-state index contributed by atoms with van der Waals surface area (Å²) in [6.45, 7) is 6.54. The van der Waals surface area contributed by atoms with Crippen molar-refractivity contribution in [2.24, 2.45) is 0 Å². The van der Waals surface area contributed by atoms with Gasteiger partial charge in [-0.15, -0.1) is 15.0 Å². The van der Waals surface area contributed by atoms with Gasteiger partial charge >= 0.3 is 0 Å². The Morgan fingerprint density at radius 1 is 0.926 bits per heavy atom. The molecule has 1 aromatic heterocycles. The molecule has 0 unspecified atom stereocenters. The Morgan fingerprint density at radius 2 is 1.63 bits per heavy atom. The molecule has 0 saturated carbocycles. The zero-order valence-corrected chi connectivity index (χ0v) is 15.4. The lowest BCUT2D eigenvalue weighted by molar-refractivity contribution is 0.249. The highest BCUT2D eigenvalue weighted by Gasteiger charge is 2.23. The monoisotopic (exact) mass is 358 g/mol. The maximum atomic E-state index is 9.52. The van der Waals surface area contributed by atoms with Gasteiger partial charge in [-0.25, -0.2) is 0 Å². The van der Waals surface area contributed by atoms with Crippen LogP contribution in [0.4, 0.5) is 5.82 Å². The first kappa shape index (κ1) is 17.3. The predicted octanol–water partition coefficient (Wildman–Crippen LogP) is 2.77. The van der Waals surface area contributed by atoms with Crippen LogP contribution >= 0.6 is 0 Å². The quantitative estimate of drug-likeness (QED) is 0.718. The molecule has 0 radical (unpaired) electrons. The number of rotatable bonds is 4. The van der Waals surface area contributed by atoms with Crippen LogP contribution in [0.1, 0.15) is 16.8 Å². The van der Waals surface area contributed by atoms with E-state index < -0.39 is 0 Å². The molecule has 1 fully saturated rings. The molecule has 2 aromatic carbocycles.